The third-order valence-corrected chi connectivity index (χ3v) is 3.72. The van der Waals surface area contributed by atoms with Gasteiger partial charge in [-0.15, -0.1) is 37.1 Å². The Hall–Kier alpha value is -1.23. The van der Waals surface area contributed by atoms with Gasteiger partial charge in [0.05, 0.1) is 0 Å². The number of hydrogen-bond donors (Lipinski definition) is 2. The van der Waals surface area contributed by atoms with Gasteiger partial charge in [0.25, 0.3) is 0 Å². The number of guanidine groups is 1. The summed E-state index contributed by atoms with van der Waals surface area (Å²) in [5.74, 6) is 0.507. The molecule has 9 heteroatoms. The number of hydrogen-bond acceptors (Lipinski definition) is 3. The second-order valence-corrected chi connectivity index (χ2v) is 5.67. The molecule has 0 bridgehead atoms. The van der Waals surface area contributed by atoms with E-state index >= 15 is 0 Å². The lowest BCUT2D eigenvalue weighted by atomic mass is 9.97. The van der Waals surface area contributed by atoms with E-state index in [0.717, 1.165) is 25.9 Å². The first-order chi connectivity index (χ1) is 10.8. The van der Waals surface area contributed by atoms with E-state index in [1.165, 1.54) is 24.3 Å². The first kappa shape index (κ1) is 20.8. The SMILES string of the molecule is CN1CCC(CN=C(N)Nc2ccc(OC(F)(F)F)cc2)CC1.I. The summed E-state index contributed by atoms with van der Waals surface area (Å²) in [6, 6.07) is 5.36. The minimum absolute atomic E-state index is 0. The summed E-state index contributed by atoms with van der Waals surface area (Å²) in [4.78, 5) is 6.59. The van der Waals surface area contributed by atoms with Crippen LogP contribution in [0.4, 0.5) is 18.9 Å². The van der Waals surface area contributed by atoms with Crippen molar-refractivity contribution >= 4 is 35.6 Å². The third kappa shape index (κ3) is 7.56. The molecule has 0 amide bonds. The largest absolute Gasteiger partial charge is 0.573 e. The summed E-state index contributed by atoms with van der Waals surface area (Å²) >= 11 is 0. The van der Waals surface area contributed by atoms with Crippen LogP contribution in [0.15, 0.2) is 29.3 Å². The van der Waals surface area contributed by atoms with Crippen LogP contribution in [-0.4, -0.2) is 43.9 Å². The first-order valence-electron chi connectivity index (χ1n) is 7.43. The van der Waals surface area contributed by atoms with E-state index in [9.17, 15) is 13.2 Å². The van der Waals surface area contributed by atoms with Crippen LogP contribution in [0.2, 0.25) is 0 Å². The fourth-order valence-electron chi connectivity index (χ4n) is 2.40. The van der Waals surface area contributed by atoms with Gasteiger partial charge in [-0.3, -0.25) is 4.99 Å². The van der Waals surface area contributed by atoms with E-state index in [4.69, 9.17) is 5.73 Å². The Morgan fingerprint density at radius 2 is 1.88 bits per heavy atom. The van der Waals surface area contributed by atoms with Crippen LogP contribution < -0.4 is 15.8 Å². The number of anilines is 1. The lowest BCUT2D eigenvalue weighted by Crippen LogP contribution is -2.32. The van der Waals surface area contributed by atoms with E-state index in [2.05, 4.69) is 27.0 Å². The minimum Gasteiger partial charge on any atom is -0.406 e. The number of aliphatic imine (C=N–C) groups is 1. The number of ether oxygens (including phenoxy) is 1. The normalized spacial score (nSPS) is 17.2. The molecule has 1 aliphatic heterocycles. The Morgan fingerprint density at radius 1 is 1.29 bits per heavy atom. The van der Waals surface area contributed by atoms with Crippen molar-refractivity contribution in [3.8, 4) is 5.75 Å². The van der Waals surface area contributed by atoms with Gasteiger partial charge >= 0.3 is 6.36 Å². The molecule has 1 aliphatic rings. The van der Waals surface area contributed by atoms with Gasteiger partial charge in [0.15, 0.2) is 5.96 Å². The van der Waals surface area contributed by atoms with Crippen molar-refractivity contribution < 1.29 is 17.9 Å². The Morgan fingerprint density at radius 3 is 2.42 bits per heavy atom. The van der Waals surface area contributed by atoms with Gasteiger partial charge in [-0.1, -0.05) is 0 Å². The standard InChI is InChI=1S/C15H21F3N4O.HI/c1-22-8-6-11(7-9-22)10-20-14(19)21-12-2-4-13(5-3-12)23-15(16,17)18;/h2-5,11H,6-10H2,1H3,(H3,19,20,21);1H. The van der Waals surface area contributed by atoms with Crippen molar-refractivity contribution in [2.24, 2.45) is 16.6 Å². The van der Waals surface area contributed by atoms with Crippen molar-refractivity contribution in [3.05, 3.63) is 24.3 Å². The number of nitrogens with zero attached hydrogens (tertiary/aromatic N) is 2. The number of likely N-dealkylation sites (tertiary alicyclic amines) is 1. The zero-order valence-electron chi connectivity index (χ0n) is 13.3. The molecule has 0 aliphatic carbocycles. The van der Waals surface area contributed by atoms with Crippen molar-refractivity contribution in [3.63, 3.8) is 0 Å². The molecule has 0 unspecified atom stereocenters. The zero-order valence-corrected chi connectivity index (χ0v) is 15.7. The molecular weight excluding hydrogens is 436 g/mol. The quantitative estimate of drug-likeness (QED) is 0.413. The van der Waals surface area contributed by atoms with Crippen molar-refractivity contribution in [1.29, 1.82) is 0 Å². The Bertz CT molecular complexity index is 529. The van der Waals surface area contributed by atoms with E-state index in [-0.39, 0.29) is 35.7 Å². The smallest absolute Gasteiger partial charge is 0.406 e. The summed E-state index contributed by atoms with van der Waals surface area (Å²) in [5.41, 5.74) is 6.37. The molecule has 1 heterocycles. The van der Waals surface area contributed by atoms with Crippen molar-refractivity contribution in [2.75, 3.05) is 32.0 Å². The molecule has 1 aromatic rings. The van der Waals surface area contributed by atoms with Gasteiger partial charge in [-0.2, -0.15) is 0 Å². The molecule has 2 rings (SSSR count). The van der Waals surface area contributed by atoms with Gasteiger partial charge in [0.1, 0.15) is 5.75 Å². The number of benzene rings is 1. The lowest BCUT2D eigenvalue weighted by Gasteiger charge is -2.27. The van der Waals surface area contributed by atoms with Crippen molar-refractivity contribution in [2.45, 2.75) is 19.2 Å². The second kappa shape index (κ2) is 9.30. The lowest BCUT2D eigenvalue weighted by molar-refractivity contribution is -0.274. The van der Waals surface area contributed by atoms with Gasteiger partial charge in [0, 0.05) is 12.2 Å². The molecule has 0 radical (unpaired) electrons. The minimum atomic E-state index is -4.69. The summed E-state index contributed by atoms with van der Waals surface area (Å²) in [5, 5.41) is 2.86. The second-order valence-electron chi connectivity index (χ2n) is 5.67. The van der Waals surface area contributed by atoms with Crippen LogP contribution in [0.25, 0.3) is 0 Å². The Labute approximate surface area is 156 Å². The number of piperidine rings is 1. The first-order valence-corrected chi connectivity index (χ1v) is 7.43. The summed E-state index contributed by atoms with van der Waals surface area (Å²) in [7, 11) is 2.10. The molecule has 1 saturated heterocycles. The predicted molar refractivity (Wildman–Crippen MR) is 98.9 cm³/mol. The summed E-state index contributed by atoms with van der Waals surface area (Å²) in [6.45, 7) is 2.78. The average molecular weight is 458 g/mol. The van der Waals surface area contributed by atoms with Crippen LogP contribution in [0.3, 0.4) is 0 Å². The topological polar surface area (TPSA) is 62.9 Å². The average Bonchev–Trinajstić information content (AvgIpc) is 2.47. The highest BCUT2D eigenvalue weighted by Gasteiger charge is 2.30. The molecular formula is C15H22F3IN4O. The number of rotatable bonds is 4. The van der Waals surface area contributed by atoms with Crippen LogP contribution >= 0.6 is 24.0 Å². The van der Waals surface area contributed by atoms with Gasteiger partial charge in [0.2, 0.25) is 0 Å². The molecule has 0 spiro atoms. The molecule has 24 heavy (non-hydrogen) atoms. The molecule has 5 nitrogen and oxygen atoms in total. The molecule has 1 fully saturated rings. The fraction of sp³-hybridized carbons (Fsp3) is 0.533. The summed E-state index contributed by atoms with van der Waals surface area (Å²) in [6.07, 6.45) is -2.50. The molecule has 0 aromatic heterocycles. The number of nitrogens with two attached hydrogens (primary N) is 1. The monoisotopic (exact) mass is 458 g/mol. The maximum atomic E-state index is 12.1. The molecule has 0 atom stereocenters. The third-order valence-electron chi connectivity index (χ3n) is 3.72. The Kier molecular flexibility index (Phi) is 8.07. The molecule has 0 saturated carbocycles. The fourth-order valence-corrected chi connectivity index (χ4v) is 2.40. The van der Waals surface area contributed by atoms with E-state index < -0.39 is 6.36 Å². The van der Waals surface area contributed by atoms with E-state index in [1.54, 1.807) is 0 Å². The van der Waals surface area contributed by atoms with Crippen LogP contribution in [0.1, 0.15) is 12.8 Å². The van der Waals surface area contributed by atoms with Gasteiger partial charge < -0.3 is 20.7 Å². The predicted octanol–water partition coefficient (Wildman–Crippen LogP) is 3.27. The zero-order chi connectivity index (χ0) is 16.9. The van der Waals surface area contributed by atoms with E-state index in [1.807, 2.05) is 0 Å². The number of halogens is 4. The number of nitrogens with one attached hydrogen (secondary N) is 1. The Balaban J connectivity index is 0.00000288. The highest BCUT2D eigenvalue weighted by atomic mass is 127. The van der Waals surface area contributed by atoms with Gasteiger partial charge in [-0.25, -0.2) is 0 Å². The number of alkyl halides is 3. The van der Waals surface area contributed by atoms with Crippen LogP contribution in [0, 0.1) is 5.92 Å². The molecule has 1 aromatic carbocycles. The van der Waals surface area contributed by atoms with E-state index in [0.29, 0.717) is 18.2 Å². The maximum absolute atomic E-state index is 12.1. The summed E-state index contributed by atoms with van der Waals surface area (Å²) < 4.78 is 40.0. The van der Waals surface area contributed by atoms with Gasteiger partial charge in [-0.05, 0) is 63.2 Å². The maximum Gasteiger partial charge on any atom is 0.573 e. The highest BCUT2D eigenvalue weighted by Crippen LogP contribution is 2.24. The van der Waals surface area contributed by atoms with Crippen LogP contribution in [0.5, 0.6) is 5.75 Å². The highest BCUT2D eigenvalue weighted by molar-refractivity contribution is 14.0. The molecule has 3 N–H and O–H groups in total. The van der Waals surface area contributed by atoms with Crippen LogP contribution in [-0.2, 0) is 0 Å². The molecule has 136 valence electrons. The van der Waals surface area contributed by atoms with Crippen molar-refractivity contribution in [1.82, 2.24) is 4.90 Å².